The van der Waals surface area contributed by atoms with Gasteiger partial charge < -0.3 is 11.5 Å². The number of thioether (sulfide) groups is 1. The van der Waals surface area contributed by atoms with Crippen LogP contribution in [0.1, 0.15) is 18.1 Å². The summed E-state index contributed by atoms with van der Waals surface area (Å²) in [6.45, 7) is 5.70. The minimum atomic E-state index is 0.0822. The minimum absolute atomic E-state index is 0.0822. The number of rotatable bonds is 5. The quantitative estimate of drug-likeness (QED) is 0.438. The van der Waals surface area contributed by atoms with Crippen molar-refractivity contribution in [3.8, 4) is 0 Å². The van der Waals surface area contributed by atoms with Crippen molar-refractivity contribution in [3.05, 3.63) is 71.8 Å². The molecular formula is C16H19N3S. The first-order chi connectivity index (χ1) is 9.58. The highest BCUT2D eigenvalue weighted by atomic mass is 32.2. The van der Waals surface area contributed by atoms with Gasteiger partial charge in [-0.1, -0.05) is 48.7 Å². The molecule has 0 aromatic heterocycles. The third-order valence-electron chi connectivity index (χ3n) is 2.59. The normalized spacial score (nSPS) is 12.7. The molecule has 0 amide bonds. The van der Waals surface area contributed by atoms with Gasteiger partial charge in [0.05, 0.1) is 0 Å². The maximum absolute atomic E-state index is 7.22. The van der Waals surface area contributed by atoms with Crippen molar-refractivity contribution in [2.75, 3.05) is 0 Å². The maximum atomic E-state index is 7.22. The molecule has 1 aromatic carbocycles. The van der Waals surface area contributed by atoms with Gasteiger partial charge in [-0.2, -0.15) is 0 Å². The Morgan fingerprint density at radius 1 is 1.35 bits per heavy atom. The lowest BCUT2D eigenvalue weighted by atomic mass is 10.00. The van der Waals surface area contributed by atoms with Crippen LogP contribution in [0.4, 0.5) is 0 Å². The van der Waals surface area contributed by atoms with Crippen molar-refractivity contribution in [2.24, 2.45) is 11.5 Å². The average molecular weight is 285 g/mol. The van der Waals surface area contributed by atoms with E-state index in [1.807, 2.05) is 42.7 Å². The Morgan fingerprint density at radius 3 is 2.65 bits per heavy atom. The molecule has 1 aromatic rings. The van der Waals surface area contributed by atoms with E-state index in [1.165, 1.54) is 18.0 Å². The molecule has 0 atom stereocenters. The summed E-state index contributed by atoms with van der Waals surface area (Å²) in [5, 5.41) is 9.18. The van der Waals surface area contributed by atoms with Gasteiger partial charge in [-0.3, -0.25) is 5.41 Å². The van der Waals surface area contributed by atoms with Gasteiger partial charge in [0.15, 0.2) is 5.17 Å². The van der Waals surface area contributed by atoms with Crippen LogP contribution in [0, 0.1) is 5.41 Å². The van der Waals surface area contributed by atoms with E-state index < -0.39 is 0 Å². The fourth-order valence-corrected chi connectivity index (χ4v) is 2.08. The van der Waals surface area contributed by atoms with Gasteiger partial charge in [0.1, 0.15) is 0 Å². The van der Waals surface area contributed by atoms with E-state index >= 15 is 0 Å². The summed E-state index contributed by atoms with van der Waals surface area (Å²) in [5.41, 5.74) is 15.0. The van der Waals surface area contributed by atoms with Gasteiger partial charge in [-0.15, -0.1) is 0 Å². The zero-order valence-corrected chi connectivity index (χ0v) is 12.3. The Morgan fingerprint density at radius 2 is 2.05 bits per heavy atom. The van der Waals surface area contributed by atoms with E-state index in [2.05, 4.69) is 12.6 Å². The molecule has 20 heavy (non-hydrogen) atoms. The molecule has 0 saturated heterocycles. The summed E-state index contributed by atoms with van der Waals surface area (Å²) in [7, 11) is 0. The fraction of sp³-hybridized carbons (Fsp3) is 0.0625. The molecule has 104 valence electrons. The van der Waals surface area contributed by atoms with E-state index in [-0.39, 0.29) is 5.17 Å². The zero-order chi connectivity index (χ0) is 15.0. The molecule has 0 aliphatic heterocycles. The lowest BCUT2D eigenvalue weighted by Crippen LogP contribution is -2.01. The molecule has 0 saturated carbocycles. The van der Waals surface area contributed by atoms with Gasteiger partial charge in [0.25, 0.3) is 0 Å². The third kappa shape index (κ3) is 4.82. The van der Waals surface area contributed by atoms with Crippen LogP contribution in [-0.2, 0) is 0 Å². The van der Waals surface area contributed by atoms with E-state index in [9.17, 15) is 0 Å². The highest BCUT2D eigenvalue weighted by Crippen LogP contribution is 2.23. The standard InChI is InChI=1S/C16H19N3S/c1-3-5-13(8-9-17)15-7-4-6-14(10-15)12(2)11-20-16(18)19/h3-11H,1,17H2,2H3,(H3,18,19)/b9-8-,12-11+,13-5+. The number of nitrogens with one attached hydrogen (secondary N) is 1. The SMILES string of the molecule is C=C/C=C(\C=C/N)c1cccc(/C(C)=C/SC(=N)N)c1. The predicted molar refractivity (Wildman–Crippen MR) is 91.1 cm³/mol. The molecule has 0 aliphatic carbocycles. The second-order valence-corrected chi connectivity index (χ2v) is 4.99. The molecular weight excluding hydrogens is 266 g/mol. The van der Waals surface area contributed by atoms with Crippen LogP contribution in [0.5, 0.6) is 0 Å². The molecule has 5 N–H and O–H groups in total. The molecule has 4 heteroatoms. The van der Waals surface area contributed by atoms with Crippen LogP contribution >= 0.6 is 11.8 Å². The second kappa shape index (κ2) is 8.07. The highest BCUT2D eigenvalue weighted by molar-refractivity contribution is 8.16. The summed E-state index contributed by atoms with van der Waals surface area (Å²) in [4.78, 5) is 0. The maximum Gasteiger partial charge on any atom is 0.155 e. The number of hydrogen-bond donors (Lipinski definition) is 3. The van der Waals surface area contributed by atoms with Gasteiger partial charge in [0.2, 0.25) is 0 Å². The molecule has 0 radical (unpaired) electrons. The summed E-state index contributed by atoms with van der Waals surface area (Å²) < 4.78 is 0. The first kappa shape index (κ1) is 15.9. The van der Waals surface area contributed by atoms with Crippen LogP contribution in [-0.4, -0.2) is 5.17 Å². The number of nitrogens with two attached hydrogens (primary N) is 2. The number of amidine groups is 1. The second-order valence-electron chi connectivity index (χ2n) is 4.08. The van der Waals surface area contributed by atoms with Crippen LogP contribution in [0.2, 0.25) is 0 Å². The summed E-state index contributed by atoms with van der Waals surface area (Å²) >= 11 is 1.20. The lowest BCUT2D eigenvalue weighted by molar-refractivity contribution is 1.51. The molecule has 1 rings (SSSR count). The Kier molecular flexibility index (Phi) is 6.40. The smallest absolute Gasteiger partial charge is 0.155 e. The predicted octanol–water partition coefficient (Wildman–Crippen LogP) is 3.72. The van der Waals surface area contributed by atoms with Crippen molar-refractivity contribution < 1.29 is 0 Å². The van der Waals surface area contributed by atoms with E-state index in [1.54, 1.807) is 6.08 Å². The first-order valence-corrected chi connectivity index (χ1v) is 6.95. The molecule has 0 bridgehead atoms. The Labute approximate surface area is 124 Å². The topological polar surface area (TPSA) is 75.9 Å². The van der Waals surface area contributed by atoms with Gasteiger partial charge in [0, 0.05) is 0 Å². The Bertz CT molecular complexity index is 583. The van der Waals surface area contributed by atoms with Crippen LogP contribution < -0.4 is 11.5 Å². The molecule has 0 spiro atoms. The average Bonchev–Trinajstić information content (AvgIpc) is 2.44. The van der Waals surface area contributed by atoms with Crippen LogP contribution in [0.25, 0.3) is 11.1 Å². The summed E-state index contributed by atoms with van der Waals surface area (Å²) in [5.74, 6) is 0. The molecule has 3 nitrogen and oxygen atoms in total. The van der Waals surface area contributed by atoms with Gasteiger partial charge in [-0.05, 0) is 52.9 Å². The van der Waals surface area contributed by atoms with Gasteiger partial charge >= 0.3 is 0 Å². The van der Waals surface area contributed by atoms with Crippen molar-refractivity contribution >= 4 is 28.1 Å². The molecule has 0 heterocycles. The Balaban J connectivity index is 3.12. The van der Waals surface area contributed by atoms with E-state index in [4.69, 9.17) is 16.9 Å². The van der Waals surface area contributed by atoms with Crippen molar-refractivity contribution in [3.63, 3.8) is 0 Å². The zero-order valence-electron chi connectivity index (χ0n) is 11.5. The fourth-order valence-electron chi connectivity index (χ4n) is 1.64. The summed E-state index contributed by atoms with van der Waals surface area (Å²) in [6.07, 6.45) is 6.99. The molecule has 0 aliphatic rings. The van der Waals surface area contributed by atoms with E-state index in [0.717, 1.165) is 22.3 Å². The monoisotopic (exact) mass is 285 g/mol. The van der Waals surface area contributed by atoms with Crippen molar-refractivity contribution in [1.82, 2.24) is 0 Å². The third-order valence-corrected chi connectivity index (χ3v) is 3.31. The van der Waals surface area contributed by atoms with Crippen molar-refractivity contribution in [2.45, 2.75) is 6.92 Å². The summed E-state index contributed by atoms with van der Waals surface area (Å²) in [6, 6.07) is 8.10. The van der Waals surface area contributed by atoms with Crippen LogP contribution in [0.15, 0.2) is 60.7 Å². The van der Waals surface area contributed by atoms with Gasteiger partial charge in [-0.25, -0.2) is 0 Å². The molecule has 0 fully saturated rings. The largest absolute Gasteiger partial charge is 0.405 e. The number of hydrogen-bond acceptors (Lipinski definition) is 3. The number of benzene rings is 1. The minimum Gasteiger partial charge on any atom is -0.405 e. The van der Waals surface area contributed by atoms with E-state index in [0.29, 0.717) is 0 Å². The lowest BCUT2D eigenvalue weighted by Gasteiger charge is -2.06. The first-order valence-electron chi connectivity index (χ1n) is 6.07. The molecule has 0 unspecified atom stereocenters. The van der Waals surface area contributed by atoms with Crippen LogP contribution in [0.3, 0.4) is 0 Å². The number of allylic oxidation sites excluding steroid dienone is 5. The highest BCUT2D eigenvalue weighted by Gasteiger charge is 2.01. The Hall–Kier alpha value is -2.20. The van der Waals surface area contributed by atoms with Crippen molar-refractivity contribution in [1.29, 1.82) is 5.41 Å².